The molecule has 0 atom stereocenters. The second kappa shape index (κ2) is 11.9. The van der Waals surface area contributed by atoms with Crippen LogP contribution in [0.25, 0.3) is 11.5 Å². The van der Waals surface area contributed by atoms with Gasteiger partial charge in [0.1, 0.15) is 41.9 Å². The standard InChI is InChI=1S/C29H29NO6/c1-3-33-27-17-25(14-12-22(27)13-15-28(31)32)34-18-21-8-7-11-24(16-21)35-19-26-20(2)36-29(30-26)23-9-5-4-6-10-23/h4-12,14,16-17H,3,13,15,18-19H2,1-2H3,(H,31,32). The van der Waals surface area contributed by atoms with Crippen LogP contribution in [-0.2, 0) is 24.4 Å². The van der Waals surface area contributed by atoms with Gasteiger partial charge in [-0.25, -0.2) is 4.98 Å². The monoisotopic (exact) mass is 487 g/mol. The van der Waals surface area contributed by atoms with Crippen LogP contribution in [0.4, 0.5) is 0 Å². The van der Waals surface area contributed by atoms with Crippen molar-refractivity contribution in [3.63, 3.8) is 0 Å². The molecule has 36 heavy (non-hydrogen) atoms. The fourth-order valence-corrected chi connectivity index (χ4v) is 3.67. The van der Waals surface area contributed by atoms with Gasteiger partial charge >= 0.3 is 5.97 Å². The zero-order valence-electron chi connectivity index (χ0n) is 20.4. The lowest BCUT2D eigenvalue weighted by Gasteiger charge is -2.13. The van der Waals surface area contributed by atoms with Crippen molar-refractivity contribution in [3.05, 3.63) is 95.4 Å². The van der Waals surface area contributed by atoms with Gasteiger partial charge in [-0.15, -0.1) is 0 Å². The van der Waals surface area contributed by atoms with Gasteiger partial charge in [-0.1, -0.05) is 36.4 Å². The molecule has 4 aromatic rings. The zero-order valence-corrected chi connectivity index (χ0v) is 20.4. The van der Waals surface area contributed by atoms with Crippen LogP contribution in [0.1, 0.15) is 35.9 Å². The maximum atomic E-state index is 10.9. The predicted molar refractivity (Wildman–Crippen MR) is 135 cm³/mol. The summed E-state index contributed by atoms with van der Waals surface area (Å²) in [6, 6.07) is 23.0. The van der Waals surface area contributed by atoms with E-state index in [4.69, 9.17) is 23.7 Å². The van der Waals surface area contributed by atoms with Gasteiger partial charge in [0.05, 0.1) is 6.61 Å². The average molecular weight is 488 g/mol. The summed E-state index contributed by atoms with van der Waals surface area (Å²) in [5, 5.41) is 8.96. The van der Waals surface area contributed by atoms with Gasteiger partial charge in [-0.3, -0.25) is 4.79 Å². The first-order valence-corrected chi connectivity index (χ1v) is 11.9. The molecule has 0 radical (unpaired) electrons. The Morgan fingerprint density at radius 2 is 1.69 bits per heavy atom. The normalized spacial score (nSPS) is 10.7. The molecule has 0 unspecified atom stereocenters. The average Bonchev–Trinajstić information content (AvgIpc) is 3.27. The molecule has 0 aliphatic carbocycles. The summed E-state index contributed by atoms with van der Waals surface area (Å²) in [5.41, 5.74) is 3.47. The molecule has 1 N–H and O–H groups in total. The molecule has 0 saturated carbocycles. The van der Waals surface area contributed by atoms with Crippen molar-refractivity contribution in [2.75, 3.05) is 6.61 Å². The number of hydrogen-bond acceptors (Lipinski definition) is 6. The van der Waals surface area contributed by atoms with E-state index in [0.717, 1.165) is 28.1 Å². The number of benzene rings is 3. The molecule has 0 fully saturated rings. The van der Waals surface area contributed by atoms with E-state index < -0.39 is 5.97 Å². The molecule has 0 bridgehead atoms. The van der Waals surface area contributed by atoms with Crippen LogP contribution in [0, 0.1) is 6.92 Å². The van der Waals surface area contributed by atoms with E-state index in [0.29, 0.717) is 49.4 Å². The van der Waals surface area contributed by atoms with E-state index in [9.17, 15) is 4.79 Å². The molecule has 1 heterocycles. The van der Waals surface area contributed by atoms with Gasteiger partial charge in [0.2, 0.25) is 5.89 Å². The maximum absolute atomic E-state index is 10.9. The molecule has 7 heteroatoms. The van der Waals surface area contributed by atoms with Crippen molar-refractivity contribution in [2.45, 2.75) is 39.9 Å². The smallest absolute Gasteiger partial charge is 0.303 e. The zero-order chi connectivity index (χ0) is 25.3. The van der Waals surface area contributed by atoms with Crippen molar-refractivity contribution in [2.24, 2.45) is 0 Å². The summed E-state index contributed by atoms with van der Waals surface area (Å²) in [4.78, 5) is 15.5. The van der Waals surface area contributed by atoms with Crippen molar-refractivity contribution >= 4 is 5.97 Å². The molecule has 4 rings (SSSR count). The highest BCUT2D eigenvalue weighted by atomic mass is 16.5. The SMILES string of the molecule is CCOc1cc(OCc2cccc(OCc3nc(-c4ccccc4)oc3C)c2)ccc1CCC(=O)O. The van der Waals surface area contributed by atoms with E-state index in [-0.39, 0.29) is 6.42 Å². The number of aryl methyl sites for hydroxylation is 2. The van der Waals surface area contributed by atoms with Gasteiger partial charge in [0.25, 0.3) is 0 Å². The summed E-state index contributed by atoms with van der Waals surface area (Å²) in [6.45, 7) is 4.90. The Morgan fingerprint density at radius 3 is 2.47 bits per heavy atom. The van der Waals surface area contributed by atoms with Gasteiger partial charge < -0.3 is 23.7 Å². The van der Waals surface area contributed by atoms with Crippen molar-refractivity contribution in [1.82, 2.24) is 4.98 Å². The highest BCUT2D eigenvalue weighted by Gasteiger charge is 2.12. The topological polar surface area (TPSA) is 91.0 Å². The Bertz CT molecular complexity index is 1300. The van der Waals surface area contributed by atoms with Crippen LogP contribution < -0.4 is 14.2 Å². The van der Waals surface area contributed by atoms with Gasteiger partial charge in [0.15, 0.2) is 0 Å². The number of oxazole rings is 1. The van der Waals surface area contributed by atoms with Crippen molar-refractivity contribution < 1.29 is 28.5 Å². The minimum atomic E-state index is -0.838. The lowest BCUT2D eigenvalue weighted by molar-refractivity contribution is -0.136. The number of hydrogen-bond donors (Lipinski definition) is 1. The summed E-state index contributed by atoms with van der Waals surface area (Å²) in [5.74, 6) is 2.47. The Morgan fingerprint density at radius 1 is 0.917 bits per heavy atom. The van der Waals surface area contributed by atoms with Crippen molar-refractivity contribution in [1.29, 1.82) is 0 Å². The third-order valence-electron chi connectivity index (χ3n) is 5.54. The molecule has 0 aliphatic rings. The van der Waals surface area contributed by atoms with E-state index in [1.54, 1.807) is 6.07 Å². The Hall–Kier alpha value is -4.26. The number of aromatic nitrogens is 1. The second-order valence-corrected chi connectivity index (χ2v) is 8.21. The van der Waals surface area contributed by atoms with E-state index in [1.165, 1.54) is 0 Å². The van der Waals surface area contributed by atoms with Crippen molar-refractivity contribution in [3.8, 4) is 28.7 Å². The van der Waals surface area contributed by atoms with Crippen LogP contribution in [0.15, 0.2) is 77.2 Å². The van der Waals surface area contributed by atoms with E-state index in [2.05, 4.69) is 4.98 Å². The van der Waals surface area contributed by atoms with Crippen LogP contribution in [0.2, 0.25) is 0 Å². The molecule has 0 spiro atoms. The quantitative estimate of drug-likeness (QED) is 0.253. The fraction of sp³-hybridized carbons (Fsp3) is 0.241. The molecule has 0 saturated heterocycles. The van der Waals surface area contributed by atoms with Gasteiger partial charge in [-0.05, 0) is 61.7 Å². The maximum Gasteiger partial charge on any atom is 0.303 e. The van der Waals surface area contributed by atoms with E-state index >= 15 is 0 Å². The number of nitrogens with zero attached hydrogens (tertiary/aromatic N) is 1. The van der Waals surface area contributed by atoms with Crippen LogP contribution in [-0.4, -0.2) is 22.7 Å². The second-order valence-electron chi connectivity index (χ2n) is 8.21. The number of rotatable bonds is 12. The van der Waals surface area contributed by atoms with Gasteiger partial charge in [-0.2, -0.15) is 0 Å². The summed E-state index contributed by atoms with van der Waals surface area (Å²) < 4.78 is 23.5. The number of carbonyl (C=O) groups is 1. The largest absolute Gasteiger partial charge is 0.493 e. The molecule has 7 nitrogen and oxygen atoms in total. The summed E-state index contributed by atoms with van der Waals surface area (Å²) in [7, 11) is 0. The highest BCUT2D eigenvalue weighted by molar-refractivity contribution is 5.67. The molecule has 1 aromatic heterocycles. The molecule has 0 aliphatic heterocycles. The Kier molecular flexibility index (Phi) is 8.24. The van der Waals surface area contributed by atoms with Crippen LogP contribution >= 0.6 is 0 Å². The lowest BCUT2D eigenvalue weighted by Crippen LogP contribution is -2.03. The van der Waals surface area contributed by atoms with Gasteiger partial charge in [0, 0.05) is 18.1 Å². The van der Waals surface area contributed by atoms with Crippen LogP contribution in [0.3, 0.4) is 0 Å². The fourth-order valence-electron chi connectivity index (χ4n) is 3.67. The number of ether oxygens (including phenoxy) is 3. The third-order valence-corrected chi connectivity index (χ3v) is 5.54. The molecular weight excluding hydrogens is 458 g/mol. The molecule has 186 valence electrons. The summed E-state index contributed by atoms with van der Waals surface area (Å²) >= 11 is 0. The number of carboxylic acids is 1. The molecule has 3 aromatic carbocycles. The molecular formula is C29H29NO6. The minimum absolute atomic E-state index is 0.0501. The first-order chi connectivity index (χ1) is 17.5. The Balaban J connectivity index is 1.37. The number of carboxylic acid groups (broad SMARTS) is 1. The molecule has 0 amide bonds. The van der Waals surface area contributed by atoms with E-state index in [1.807, 2.05) is 80.6 Å². The minimum Gasteiger partial charge on any atom is -0.493 e. The first kappa shape index (κ1) is 24.9. The first-order valence-electron chi connectivity index (χ1n) is 11.9. The predicted octanol–water partition coefficient (Wildman–Crippen LogP) is 6.22. The number of aliphatic carboxylic acids is 1. The Labute approximate surface area is 210 Å². The third kappa shape index (κ3) is 6.66. The lowest BCUT2D eigenvalue weighted by atomic mass is 10.1. The van der Waals surface area contributed by atoms with Crippen LogP contribution in [0.5, 0.6) is 17.2 Å². The summed E-state index contributed by atoms with van der Waals surface area (Å²) in [6.07, 6.45) is 0.455. The highest BCUT2D eigenvalue weighted by Crippen LogP contribution is 2.28.